The van der Waals surface area contributed by atoms with Gasteiger partial charge < -0.3 is 5.32 Å². The van der Waals surface area contributed by atoms with Crippen LogP contribution >= 0.6 is 23.2 Å². The lowest BCUT2D eigenvalue weighted by atomic mass is 10.0. The molecule has 4 aromatic rings. The van der Waals surface area contributed by atoms with E-state index in [0.29, 0.717) is 40.7 Å². The van der Waals surface area contributed by atoms with Crippen molar-refractivity contribution in [2.24, 2.45) is 0 Å². The zero-order valence-corrected chi connectivity index (χ0v) is 20.7. The molecule has 1 amide bonds. The van der Waals surface area contributed by atoms with Crippen LogP contribution in [0.3, 0.4) is 0 Å². The second-order valence-corrected chi connectivity index (χ2v) is 9.53. The van der Waals surface area contributed by atoms with E-state index in [1.165, 1.54) is 24.4 Å². The van der Waals surface area contributed by atoms with Crippen LogP contribution in [-0.2, 0) is 19.5 Å². The van der Waals surface area contributed by atoms with Crippen molar-refractivity contribution in [2.75, 3.05) is 13.1 Å². The summed E-state index contributed by atoms with van der Waals surface area (Å²) >= 11 is 12.2. The van der Waals surface area contributed by atoms with Crippen LogP contribution in [0.4, 0.5) is 13.6 Å². The maximum atomic E-state index is 13.6. The molecule has 0 unspecified atom stereocenters. The van der Waals surface area contributed by atoms with Crippen LogP contribution < -0.4 is 5.32 Å². The summed E-state index contributed by atoms with van der Waals surface area (Å²) in [5.41, 5.74) is 4.08. The topological polar surface area (TPSA) is 50.2 Å². The smallest absolute Gasteiger partial charge is 0.326 e. The second-order valence-electron chi connectivity index (χ2n) is 8.66. The van der Waals surface area contributed by atoms with Crippen LogP contribution in [0, 0.1) is 11.8 Å². The molecule has 9 heteroatoms. The first-order valence-corrected chi connectivity index (χ1v) is 12.2. The Labute approximate surface area is 216 Å². The van der Waals surface area contributed by atoms with Gasteiger partial charge in [0.15, 0.2) is 0 Å². The molecule has 1 aliphatic rings. The fraction of sp³-hybridized carbons (Fsp3) is 0.185. The molecule has 5 nitrogen and oxygen atoms in total. The van der Waals surface area contributed by atoms with Crippen LogP contribution in [0.5, 0.6) is 0 Å². The largest absolute Gasteiger partial charge is 0.333 e. The highest BCUT2D eigenvalue weighted by Gasteiger charge is 2.26. The Morgan fingerprint density at radius 2 is 1.94 bits per heavy atom. The number of fused-ring (bicyclic) bond motifs is 3. The van der Waals surface area contributed by atoms with Gasteiger partial charge in [-0.25, -0.2) is 14.2 Å². The van der Waals surface area contributed by atoms with Crippen LogP contribution in [0.15, 0.2) is 60.8 Å². The highest BCUT2D eigenvalue weighted by molar-refractivity contribution is 6.31. The number of nitrogens with zero attached hydrogens (tertiary/aromatic N) is 3. The van der Waals surface area contributed by atoms with Crippen molar-refractivity contribution in [1.29, 1.82) is 0 Å². The molecule has 0 fully saturated rings. The lowest BCUT2D eigenvalue weighted by Gasteiger charge is -2.27. The predicted octanol–water partition coefficient (Wildman–Crippen LogP) is 6.45. The number of benzene rings is 2. The molecule has 3 heterocycles. The lowest BCUT2D eigenvalue weighted by Crippen LogP contribution is -2.34. The van der Waals surface area contributed by atoms with E-state index in [0.717, 1.165) is 28.7 Å². The van der Waals surface area contributed by atoms with Crippen LogP contribution in [-0.4, -0.2) is 33.6 Å². The van der Waals surface area contributed by atoms with Gasteiger partial charge in [0.1, 0.15) is 5.82 Å². The molecule has 184 valence electrons. The van der Waals surface area contributed by atoms with Gasteiger partial charge >= 0.3 is 6.03 Å². The van der Waals surface area contributed by atoms with Crippen molar-refractivity contribution >= 4 is 46.2 Å². The van der Waals surface area contributed by atoms with E-state index in [2.05, 4.69) is 15.2 Å². The number of halogens is 4. The number of carbonyl (C=O) groups excluding carboxylic acids is 1. The predicted molar refractivity (Wildman–Crippen MR) is 138 cm³/mol. The molecule has 1 aliphatic heterocycles. The fourth-order valence-corrected chi connectivity index (χ4v) is 5.00. The third kappa shape index (κ3) is 5.28. The van der Waals surface area contributed by atoms with Crippen molar-refractivity contribution in [3.05, 3.63) is 105 Å². The molecule has 0 bridgehead atoms. The highest BCUT2D eigenvalue weighted by atomic mass is 35.5. The first kappa shape index (κ1) is 24.4. The third-order valence-corrected chi connectivity index (χ3v) is 6.64. The third-order valence-electron chi connectivity index (χ3n) is 6.19. The quantitative estimate of drug-likeness (QED) is 0.304. The summed E-state index contributed by atoms with van der Waals surface area (Å²) in [6.45, 7) is 2.21. The summed E-state index contributed by atoms with van der Waals surface area (Å²) in [4.78, 5) is 19.0. The van der Waals surface area contributed by atoms with E-state index in [-0.39, 0.29) is 18.4 Å². The molecule has 0 spiro atoms. The number of rotatable bonds is 5. The van der Waals surface area contributed by atoms with Crippen molar-refractivity contribution in [3.8, 4) is 0 Å². The molecule has 1 N–H and O–H groups in total. The van der Waals surface area contributed by atoms with Gasteiger partial charge in [0, 0.05) is 59.9 Å². The van der Waals surface area contributed by atoms with E-state index >= 15 is 0 Å². The van der Waals surface area contributed by atoms with Gasteiger partial charge in [-0.15, -0.1) is 0 Å². The number of nitrogens with one attached hydrogen (secondary N) is 1. The zero-order valence-electron chi connectivity index (χ0n) is 19.1. The zero-order chi connectivity index (χ0) is 25.2. The standard InChI is InChI=1S/C27H22Cl2F2N4O/c28-19-3-4-24-22(14-19)23-16-34(8-1-2-17-10-20(29)13-21(30)11-17)9-6-25(23)35(24)27(36)33-15-18-5-7-32-26(31)12-18/h1-5,7,10-14H,6,8-9,15-16H2,(H,33,36)/b2-1+. The lowest BCUT2D eigenvalue weighted by molar-refractivity contribution is 0.240. The van der Waals surface area contributed by atoms with E-state index in [9.17, 15) is 13.6 Å². The first-order chi connectivity index (χ1) is 17.4. The van der Waals surface area contributed by atoms with E-state index in [4.69, 9.17) is 23.2 Å². The van der Waals surface area contributed by atoms with Gasteiger partial charge in [0.05, 0.1) is 5.52 Å². The number of carbonyl (C=O) groups is 1. The number of amides is 1. The Kier molecular flexibility index (Phi) is 7.05. The molecule has 0 radical (unpaired) electrons. The number of hydrogen-bond donors (Lipinski definition) is 1. The number of aromatic nitrogens is 2. The Balaban J connectivity index is 1.37. The minimum Gasteiger partial charge on any atom is -0.333 e. The van der Waals surface area contributed by atoms with Crippen LogP contribution in [0.2, 0.25) is 10.0 Å². The summed E-state index contributed by atoms with van der Waals surface area (Å²) < 4.78 is 28.7. The first-order valence-electron chi connectivity index (χ1n) is 11.4. The Morgan fingerprint density at radius 3 is 2.75 bits per heavy atom. The minimum atomic E-state index is -0.588. The SMILES string of the molecule is O=C(NCc1ccnc(F)c1)n1c2c(c3cc(Cl)ccc31)CN(C/C=C/c1cc(F)cc(Cl)c1)CC2. The fourth-order valence-electron chi connectivity index (χ4n) is 4.59. The summed E-state index contributed by atoms with van der Waals surface area (Å²) in [7, 11) is 0. The highest BCUT2D eigenvalue weighted by Crippen LogP contribution is 2.32. The molecule has 0 saturated heterocycles. The number of hydrogen-bond acceptors (Lipinski definition) is 3. The van der Waals surface area contributed by atoms with Crippen LogP contribution in [0.25, 0.3) is 17.0 Å². The summed E-state index contributed by atoms with van der Waals surface area (Å²) in [6.07, 6.45) is 5.86. The van der Waals surface area contributed by atoms with Crippen molar-refractivity contribution in [2.45, 2.75) is 19.5 Å². The average Bonchev–Trinajstić information content (AvgIpc) is 3.15. The molecular weight excluding hydrogens is 505 g/mol. The maximum Gasteiger partial charge on any atom is 0.326 e. The van der Waals surface area contributed by atoms with Gasteiger partial charge in [-0.1, -0.05) is 35.4 Å². The van der Waals surface area contributed by atoms with Gasteiger partial charge in [-0.05, 0) is 65.2 Å². The maximum absolute atomic E-state index is 13.6. The van der Waals surface area contributed by atoms with E-state index < -0.39 is 5.95 Å². The van der Waals surface area contributed by atoms with Crippen molar-refractivity contribution in [1.82, 2.24) is 19.8 Å². The van der Waals surface area contributed by atoms with Gasteiger partial charge in [0.2, 0.25) is 5.95 Å². The van der Waals surface area contributed by atoms with Crippen molar-refractivity contribution in [3.63, 3.8) is 0 Å². The molecule has 0 atom stereocenters. The normalized spacial score (nSPS) is 13.9. The molecule has 5 rings (SSSR count). The Morgan fingerprint density at radius 1 is 1.08 bits per heavy atom. The van der Waals surface area contributed by atoms with Gasteiger partial charge in [-0.2, -0.15) is 4.39 Å². The van der Waals surface area contributed by atoms with Gasteiger partial charge in [-0.3, -0.25) is 9.47 Å². The number of pyridine rings is 1. The van der Waals surface area contributed by atoms with Gasteiger partial charge in [0.25, 0.3) is 0 Å². The van der Waals surface area contributed by atoms with Crippen molar-refractivity contribution < 1.29 is 13.6 Å². The molecule has 2 aromatic carbocycles. The summed E-state index contributed by atoms with van der Waals surface area (Å²) in [6, 6.07) is 12.6. The van der Waals surface area contributed by atoms with E-state index in [1.54, 1.807) is 22.8 Å². The monoisotopic (exact) mass is 526 g/mol. The minimum absolute atomic E-state index is 0.182. The Bertz CT molecular complexity index is 1460. The average molecular weight is 527 g/mol. The summed E-state index contributed by atoms with van der Waals surface area (Å²) in [5.74, 6) is -0.961. The molecule has 36 heavy (non-hydrogen) atoms. The summed E-state index contributed by atoms with van der Waals surface area (Å²) in [5, 5.41) is 4.76. The molecule has 2 aromatic heterocycles. The molecular formula is C27H22Cl2F2N4O. The van der Waals surface area contributed by atoms with Crippen LogP contribution in [0.1, 0.15) is 22.4 Å². The Hall–Kier alpha value is -3.26. The molecule has 0 saturated carbocycles. The van der Waals surface area contributed by atoms with E-state index in [1.807, 2.05) is 24.3 Å². The second kappa shape index (κ2) is 10.4. The molecule has 0 aliphatic carbocycles.